The molecule has 1 amide bonds. The lowest BCUT2D eigenvalue weighted by atomic mass is 10.1. The van der Waals surface area contributed by atoms with Crippen molar-refractivity contribution in [1.82, 2.24) is 4.90 Å². The molecule has 0 bridgehead atoms. The zero-order valence-electron chi connectivity index (χ0n) is 14.6. The zero-order chi connectivity index (χ0) is 17.9. The fourth-order valence-corrected chi connectivity index (χ4v) is 3.58. The lowest BCUT2D eigenvalue weighted by Crippen LogP contribution is -2.24. The first-order valence-electron chi connectivity index (χ1n) is 8.89. The second kappa shape index (κ2) is 7.22. The second-order valence-corrected chi connectivity index (χ2v) is 6.81. The Morgan fingerprint density at radius 1 is 1.23 bits per heavy atom. The van der Waals surface area contributed by atoms with E-state index < -0.39 is 0 Å². The molecule has 1 saturated heterocycles. The molecule has 1 aliphatic rings. The summed E-state index contributed by atoms with van der Waals surface area (Å²) >= 11 is 0. The molecule has 4 rings (SSSR count). The third-order valence-electron chi connectivity index (χ3n) is 4.75. The van der Waals surface area contributed by atoms with E-state index in [2.05, 4.69) is 29.2 Å². The van der Waals surface area contributed by atoms with E-state index in [1.54, 1.807) is 6.26 Å². The van der Waals surface area contributed by atoms with Crippen LogP contribution in [0, 0.1) is 0 Å². The number of nitrogens with two attached hydrogens (primary N) is 1. The van der Waals surface area contributed by atoms with Crippen molar-refractivity contribution >= 4 is 16.9 Å². The number of nitrogens with zero attached hydrogens (tertiary/aromatic N) is 1. The second-order valence-electron chi connectivity index (χ2n) is 6.81. The normalized spacial score (nSPS) is 17.6. The summed E-state index contributed by atoms with van der Waals surface area (Å²) < 4.78 is 11.7. The van der Waals surface area contributed by atoms with Crippen LogP contribution in [0.5, 0.6) is 5.75 Å². The van der Waals surface area contributed by atoms with Gasteiger partial charge < -0.3 is 14.9 Å². The maximum absolute atomic E-state index is 11.3. The Morgan fingerprint density at radius 3 is 2.88 bits per heavy atom. The highest BCUT2D eigenvalue weighted by Crippen LogP contribution is 2.29. The number of amides is 1. The molecule has 0 radical (unpaired) electrons. The minimum absolute atomic E-state index is 0.143. The largest absolute Gasteiger partial charge is 0.489 e. The van der Waals surface area contributed by atoms with Gasteiger partial charge in [0.05, 0.1) is 12.7 Å². The highest BCUT2D eigenvalue weighted by atomic mass is 16.5. The van der Waals surface area contributed by atoms with Gasteiger partial charge in [-0.3, -0.25) is 9.69 Å². The molecule has 0 aliphatic carbocycles. The first kappa shape index (κ1) is 16.7. The summed E-state index contributed by atoms with van der Waals surface area (Å²) in [5, 5.41) is 0.929. The molecule has 1 atom stereocenters. The molecule has 3 aromatic rings. The number of hydrogen-bond acceptors (Lipinski definition) is 4. The van der Waals surface area contributed by atoms with Gasteiger partial charge in [0, 0.05) is 30.6 Å². The van der Waals surface area contributed by atoms with Crippen molar-refractivity contribution < 1.29 is 13.9 Å². The predicted molar refractivity (Wildman–Crippen MR) is 99.9 cm³/mol. The maximum atomic E-state index is 11.3. The summed E-state index contributed by atoms with van der Waals surface area (Å²) in [6, 6.07) is 16.2. The Hall–Kier alpha value is -2.79. The lowest BCUT2D eigenvalue weighted by Gasteiger charge is -2.17. The van der Waals surface area contributed by atoms with Gasteiger partial charge >= 0.3 is 0 Å². The first-order valence-corrected chi connectivity index (χ1v) is 8.89. The van der Waals surface area contributed by atoms with Gasteiger partial charge in [0.25, 0.3) is 0 Å². The molecule has 1 aliphatic heterocycles. The van der Waals surface area contributed by atoms with Crippen molar-refractivity contribution in [3.8, 4) is 5.75 Å². The lowest BCUT2D eigenvalue weighted by molar-refractivity contribution is -0.117. The van der Waals surface area contributed by atoms with Gasteiger partial charge in [-0.05, 0) is 30.2 Å². The number of fused-ring (bicyclic) bond motifs is 1. The molecular formula is C21H22N2O3. The monoisotopic (exact) mass is 350 g/mol. The van der Waals surface area contributed by atoms with Crippen LogP contribution in [-0.2, 0) is 17.8 Å². The molecule has 5 nitrogen and oxygen atoms in total. The standard InChI is InChI=1S/C21H22N2O3/c22-20(24)12-17-11-19(10-16-7-9-25-21(16)17)26-18-6-8-23(14-18)13-15-4-2-1-3-5-15/h1-5,7,9-11,18H,6,8,12-14H2,(H2,22,24)/t18-/m1/s1. The number of benzene rings is 2. The third-order valence-corrected chi connectivity index (χ3v) is 4.75. The summed E-state index contributed by atoms with van der Waals surface area (Å²) in [6.45, 7) is 2.85. The molecule has 134 valence electrons. The molecule has 0 saturated carbocycles. The fraction of sp³-hybridized carbons (Fsp3) is 0.286. The molecule has 2 heterocycles. The van der Waals surface area contributed by atoms with E-state index in [-0.39, 0.29) is 18.4 Å². The molecule has 26 heavy (non-hydrogen) atoms. The van der Waals surface area contributed by atoms with Crippen LogP contribution < -0.4 is 10.5 Å². The number of rotatable bonds is 6. The first-order chi connectivity index (χ1) is 12.7. The summed E-state index contributed by atoms with van der Waals surface area (Å²) in [5.41, 5.74) is 8.15. The SMILES string of the molecule is NC(=O)Cc1cc(O[C@@H]2CCN(Cc3ccccc3)C2)cc2ccoc12. The minimum Gasteiger partial charge on any atom is -0.489 e. The van der Waals surface area contributed by atoms with Gasteiger partial charge in [0.15, 0.2) is 0 Å². The maximum Gasteiger partial charge on any atom is 0.221 e. The van der Waals surface area contributed by atoms with E-state index in [0.29, 0.717) is 5.58 Å². The molecule has 0 unspecified atom stereocenters. The van der Waals surface area contributed by atoms with E-state index in [0.717, 1.165) is 42.8 Å². The third kappa shape index (κ3) is 3.73. The molecular weight excluding hydrogens is 328 g/mol. The highest BCUT2D eigenvalue weighted by Gasteiger charge is 2.24. The van der Waals surface area contributed by atoms with Crippen LogP contribution in [0.2, 0.25) is 0 Å². The van der Waals surface area contributed by atoms with E-state index in [1.165, 1.54) is 5.56 Å². The Balaban J connectivity index is 1.45. The Kier molecular flexibility index (Phi) is 4.63. The molecule has 2 aromatic carbocycles. The zero-order valence-corrected chi connectivity index (χ0v) is 14.6. The Labute approximate surface area is 152 Å². The number of carbonyl (C=O) groups is 1. The van der Waals surface area contributed by atoms with E-state index in [1.807, 2.05) is 24.3 Å². The van der Waals surface area contributed by atoms with Gasteiger partial charge in [0.1, 0.15) is 17.4 Å². The highest BCUT2D eigenvalue weighted by molar-refractivity contribution is 5.87. The molecule has 0 spiro atoms. The Bertz CT molecular complexity index is 904. The van der Waals surface area contributed by atoms with Crippen LogP contribution in [0.3, 0.4) is 0 Å². The van der Waals surface area contributed by atoms with Crippen molar-refractivity contribution in [3.63, 3.8) is 0 Å². The average Bonchev–Trinajstić information content (AvgIpc) is 3.25. The van der Waals surface area contributed by atoms with Gasteiger partial charge in [-0.1, -0.05) is 30.3 Å². The van der Waals surface area contributed by atoms with E-state index in [9.17, 15) is 4.79 Å². The van der Waals surface area contributed by atoms with Crippen LogP contribution >= 0.6 is 0 Å². The number of primary amides is 1. The number of hydrogen-bond donors (Lipinski definition) is 1. The molecule has 1 aromatic heterocycles. The number of likely N-dealkylation sites (tertiary alicyclic amines) is 1. The van der Waals surface area contributed by atoms with Crippen molar-refractivity contribution in [2.24, 2.45) is 5.73 Å². The summed E-state index contributed by atoms with van der Waals surface area (Å²) in [4.78, 5) is 13.7. The van der Waals surface area contributed by atoms with Crippen molar-refractivity contribution in [1.29, 1.82) is 0 Å². The quantitative estimate of drug-likeness (QED) is 0.742. The van der Waals surface area contributed by atoms with E-state index in [4.69, 9.17) is 14.9 Å². The van der Waals surface area contributed by atoms with Crippen LogP contribution in [0.1, 0.15) is 17.5 Å². The van der Waals surface area contributed by atoms with Crippen LogP contribution in [-0.4, -0.2) is 30.0 Å². The van der Waals surface area contributed by atoms with Crippen molar-refractivity contribution in [2.45, 2.75) is 25.5 Å². The van der Waals surface area contributed by atoms with Crippen LogP contribution in [0.25, 0.3) is 11.0 Å². The number of ether oxygens (including phenoxy) is 1. The minimum atomic E-state index is -0.380. The summed E-state index contributed by atoms with van der Waals surface area (Å²) in [6.07, 6.45) is 2.90. The Morgan fingerprint density at radius 2 is 2.08 bits per heavy atom. The average molecular weight is 350 g/mol. The van der Waals surface area contributed by atoms with Crippen LogP contribution in [0.15, 0.2) is 59.2 Å². The predicted octanol–water partition coefficient (Wildman–Crippen LogP) is 3.11. The number of carbonyl (C=O) groups excluding carboxylic acids is 1. The molecule has 1 fully saturated rings. The number of furan rings is 1. The summed E-state index contributed by atoms with van der Waals surface area (Å²) in [7, 11) is 0. The van der Waals surface area contributed by atoms with E-state index >= 15 is 0 Å². The smallest absolute Gasteiger partial charge is 0.221 e. The van der Waals surface area contributed by atoms with Gasteiger partial charge in [-0.15, -0.1) is 0 Å². The molecule has 5 heteroatoms. The van der Waals surface area contributed by atoms with Crippen molar-refractivity contribution in [2.75, 3.05) is 13.1 Å². The molecule has 2 N–H and O–H groups in total. The summed E-state index contributed by atoms with van der Waals surface area (Å²) in [5.74, 6) is 0.386. The van der Waals surface area contributed by atoms with Gasteiger partial charge in [-0.25, -0.2) is 0 Å². The fourth-order valence-electron chi connectivity index (χ4n) is 3.58. The topological polar surface area (TPSA) is 68.7 Å². The van der Waals surface area contributed by atoms with Crippen LogP contribution in [0.4, 0.5) is 0 Å². The van der Waals surface area contributed by atoms with Gasteiger partial charge in [0.2, 0.25) is 5.91 Å². The van der Waals surface area contributed by atoms with Gasteiger partial charge in [-0.2, -0.15) is 0 Å². The van der Waals surface area contributed by atoms with Crippen molar-refractivity contribution in [3.05, 3.63) is 65.9 Å².